The molecule has 244 valence electrons. The smallest absolute Gasteiger partial charge is 0.406 e. The van der Waals surface area contributed by atoms with Gasteiger partial charge in [0.05, 0.1) is 17.1 Å². The van der Waals surface area contributed by atoms with E-state index in [2.05, 4.69) is 32.1 Å². The Bertz CT molecular complexity index is 1790. The second-order valence-electron chi connectivity index (χ2n) is 11.6. The highest BCUT2D eigenvalue weighted by molar-refractivity contribution is 8.15. The summed E-state index contributed by atoms with van der Waals surface area (Å²) < 4.78 is 42.8. The van der Waals surface area contributed by atoms with Gasteiger partial charge in [0.2, 0.25) is 5.91 Å². The molecule has 9 nitrogen and oxygen atoms in total. The second kappa shape index (κ2) is 13.6. The number of halogens is 3. The quantitative estimate of drug-likeness (QED) is 0.209. The Hall–Kier alpha value is -4.65. The highest BCUT2D eigenvalue weighted by Crippen LogP contribution is 2.36. The summed E-state index contributed by atoms with van der Waals surface area (Å²) in [5, 5.41) is 7.97. The van der Waals surface area contributed by atoms with Crippen molar-refractivity contribution in [3.8, 4) is 22.8 Å². The van der Waals surface area contributed by atoms with Crippen molar-refractivity contribution in [3.05, 3.63) is 89.7 Å². The van der Waals surface area contributed by atoms with Gasteiger partial charge in [0, 0.05) is 17.5 Å². The van der Waals surface area contributed by atoms with Crippen LogP contribution in [0, 0.1) is 6.92 Å². The number of hydrogen-bond donors (Lipinski definition) is 1. The number of hydrogen-bond acceptors (Lipinski definition) is 6. The molecular weight excluding hydrogens is 629 g/mol. The number of thioether (sulfide) groups is 1. The molecule has 2 unspecified atom stereocenters. The first-order valence-corrected chi connectivity index (χ1v) is 16.4. The summed E-state index contributed by atoms with van der Waals surface area (Å²) in [7, 11) is 0. The molecule has 3 amide bonds. The van der Waals surface area contributed by atoms with Crippen LogP contribution in [0.5, 0.6) is 5.75 Å². The van der Waals surface area contributed by atoms with Crippen LogP contribution in [0.25, 0.3) is 17.1 Å². The molecular formula is C34H33F3N6O3S. The van der Waals surface area contributed by atoms with Gasteiger partial charge in [0.15, 0.2) is 11.0 Å². The molecule has 0 spiro atoms. The van der Waals surface area contributed by atoms with Gasteiger partial charge < -0.3 is 10.1 Å². The number of aliphatic imine (C=N–C) groups is 1. The third-order valence-corrected chi connectivity index (χ3v) is 9.14. The molecule has 0 radical (unpaired) electrons. The van der Waals surface area contributed by atoms with Gasteiger partial charge >= 0.3 is 12.4 Å². The molecule has 1 saturated heterocycles. The maximum Gasteiger partial charge on any atom is 0.573 e. The third-order valence-electron chi connectivity index (χ3n) is 8.21. The summed E-state index contributed by atoms with van der Waals surface area (Å²) in [5.74, 6) is 0.390. The molecule has 4 aromatic rings. The fourth-order valence-electron chi connectivity index (χ4n) is 6.05. The SMILES string of the molecule is CCCc1ccc(C)cc1N1C(=O)CS/C1=N\C(=O)NC1CCCC1c1ccc(-c2ncn(-c3ccc(OC(F)(F)F)cc3)n2)cc1. The van der Waals surface area contributed by atoms with Gasteiger partial charge in [-0.05, 0) is 73.2 Å². The van der Waals surface area contributed by atoms with Crippen molar-refractivity contribution < 1.29 is 27.5 Å². The van der Waals surface area contributed by atoms with E-state index in [9.17, 15) is 22.8 Å². The van der Waals surface area contributed by atoms with Gasteiger partial charge in [-0.25, -0.2) is 14.5 Å². The number of carbonyl (C=O) groups is 2. The van der Waals surface area contributed by atoms with Crippen molar-refractivity contribution in [3.63, 3.8) is 0 Å². The van der Waals surface area contributed by atoms with Crippen LogP contribution in [-0.4, -0.2) is 50.0 Å². The molecule has 1 aliphatic carbocycles. The lowest BCUT2D eigenvalue weighted by molar-refractivity contribution is -0.274. The van der Waals surface area contributed by atoms with Crippen molar-refractivity contribution in [1.82, 2.24) is 20.1 Å². The zero-order valence-corrected chi connectivity index (χ0v) is 26.6. The molecule has 2 fully saturated rings. The number of anilines is 1. The van der Waals surface area contributed by atoms with Crippen LogP contribution in [0.2, 0.25) is 0 Å². The first-order valence-electron chi connectivity index (χ1n) is 15.4. The molecule has 3 aromatic carbocycles. The minimum atomic E-state index is -4.76. The lowest BCUT2D eigenvalue weighted by atomic mass is 9.93. The molecule has 13 heteroatoms. The maximum atomic E-state index is 13.2. The summed E-state index contributed by atoms with van der Waals surface area (Å²) in [6.45, 7) is 4.07. The highest BCUT2D eigenvalue weighted by Gasteiger charge is 2.34. The number of rotatable bonds is 8. The number of aryl methyl sites for hydroxylation is 2. The summed E-state index contributed by atoms with van der Waals surface area (Å²) >= 11 is 1.28. The van der Waals surface area contributed by atoms with E-state index in [-0.39, 0.29) is 29.4 Å². The van der Waals surface area contributed by atoms with Crippen molar-refractivity contribution in [2.45, 2.75) is 64.3 Å². The van der Waals surface area contributed by atoms with E-state index < -0.39 is 12.4 Å². The van der Waals surface area contributed by atoms with Crippen LogP contribution in [0.4, 0.5) is 23.7 Å². The van der Waals surface area contributed by atoms with Gasteiger partial charge in [-0.2, -0.15) is 4.99 Å². The van der Waals surface area contributed by atoms with Gasteiger partial charge in [0.25, 0.3) is 0 Å². The Morgan fingerprint density at radius 3 is 2.57 bits per heavy atom. The average molecular weight is 663 g/mol. The van der Waals surface area contributed by atoms with E-state index in [1.165, 1.54) is 47.0 Å². The fourth-order valence-corrected chi connectivity index (χ4v) is 6.91. The number of carbonyl (C=O) groups excluding carboxylic acids is 2. The summed E-state index contributed by atoms with van der Waals surface area (Å²) in [4.78, 5) is 36.4. The first-order chi connectivity index (χ1) is 22.6. The van der Waals surface area contributed by atoms with Crippen molar-refractivity contribution in [1.29, 1.82) is 0 Å². The number of amides is 3. The summed E-state index contributed by atoms with van der Waals surface area (Å²) in [6.07, 6.45) is 1.17. The van der Waals surface area contributed by atoms with E-state index in [4.69, 9.17) is 0 Å². The fraction of sp³-hybridized carbons (Fsp3) is 0.324. The van der Waals surface area contributed by atoms with Crippen LogP contribution < -0.4 is 15.0 Å². The zero-order valence-electron chi connectivity index (χ0n) is 25.8. The predicted octanol–water partition coefficient (Wildman–Crippen LogP) is 7.58. The molecule has 0 bridgehead atoms. The molecule has 1 aromatic heterocycles. The van der Waals surface area contributed by atoms with Gasteiger partial charge in [-0.1, -0.05) is 67.9 Å². The van der Waals surface area contributed by atoms with Crippen LogP contribution >= 0.6 is 11.8 Å². The number of nitrogens with zero attached hydrogens (tertiary/aromatic N) is 5. The molecule has 2 heterocycles. The van der Waals surface area contributed by atoms with Gasteiger partial charge in [-0.15, -0.1) is 18.3 Å². The Morgan fingerprint density at radius 1 is 1.09 bits per heavy atom. The Morgan fingerprint density at radius 2 is 1.85 bits per heavy atom. The predicted molar refractivity (Wildman–Crippen MR) is 175 cm³/mol. The second-order valence-corrected chi connectivity index (χ2v) is 12.5. The molecule has 1 aliphatic heterocycles. The van der Waals surface area contributed by atoms with Crippen LogP contribution in [0.1, 0.15) is 55.2 Å². The lowest BCUT2D eigenvalue weighted by Crippen LogP contribution is -2.37. The number of amidine groups is 1. The van der Waals surface area contributed by atoms with Gasteiger partial charge in [0.1, 0.15) is 12.1 Å². The average Bonchev–Trinajstić information content (AvgIpc) is 3.79. The van der Waals surface area contributed by atoms with Crippen molar-refractivity contribution >= 4 is 34.6 Å². The van der Waals surface area contributed by atoms with E-state index in [1.54, 1.807) is 4.90 Å². The monoisotopic (exact) mass is 662 g/mol. The molecule has 2 aliphatic rings. The summed E-state index contributed by atoms with van der Waals surface area (Å²) in [5.41, 5.74) is 5.25. The molecule has 47 heavy (non-hydrogen) atoms. The summed E-state index contributed by atoms with van der Waals surface area (Å²) in [6, 6.07) is 18.7. The highest BCUT2D eigenvalue weighted by atomic mass is 32.2. The molecule has 2 atom stereocenters. The van der Waals surface area contributed by atoms with E-state index >= 15 is 0 Å². The van der Waals surface area contributed by atoms with Crippen LogP contribution in [-0.2, 0) is 11.2 Å². The van der Waals surface area contributed by atoms with Crippen molar-refractivity contribution in [2.75, 3.05) is 10.7 Å². The number of alkyl halides is 3. The zero-order chi connectivity index (χ0) is 33.1. The first kappa shape index (κ1) is 32.3. The number of ether oxygens (including phenoxy) is 1. The Balaban J connectivity index is 1.12. The van der Waals surface area contributed by atoms with E-state index in [1.807, 2.05) is 49.4 Å². The minimum Gasteiger partial charge on any atom is -0.406 e. The normalized spacial score (nSPS) is 19.0. The topological polar surface area (TPSA) is 102 Å². The van der Waals surface area contributed by atoms with Crippen LogP contribution in [0.3, 0.4) is 0 Å². The van der Waals surface area contributed by atoms with Crippen molar-refractivity contribution in [2.24, 2.45) is 4.99 Å². The molecule has 6 rings (SSSR count). The lowest BCUT2D eigenvalue weighted by Gasteiger charge is -2.22. The van der Waals surface area contributed by atoms with E-state index in [0.29, 0.717) is 16.7 Å². The number of nitrogens with one attached hydrogen (secondary N) is 1. The standard InChI is InChI=1S/C34H33F3N6O3S/c1-3-5-23-9-8-21(2)18-29(23)43-30(44)19-47-33(43)40-32(45)39-28-7-4-6-27(28)22-10-12-24(13-11-22)31-38-20-42(41-31)25-14-16-26(17-15-25)46-34(35,36)37/h8-18,20,27-28H,3-7,19H2,1-2H3,(H,39,45)/b40-33-. The number of aromatic nitrogens is 3. The molecule has 1 saturated carbocycles. The number of benzene rings is 3. The maximum absolute atomic E-state index is 13.2. The largest absolute Gasteiger partial charge is 0.573 e. The van der Waals surface area contributed by atoms with Crippen LogP contribution in [0.15, 0.2) is 78.0 Å². The third kappa shape index (κ3) is 7.51. The Labute approximate surface area is 274 Å². The van der Waals surface area contributed by atoms with Gasteiger partial charge in [-0.3, -0.25) is 9.69 Å². The number of urea groups is 1. The molecule has 1 N–H and O–H groups in total. The van der Waals surface area contributed by atoms with E-state index in [0.717, 1.165) is 60.0 Å². The Kier molecular flexibility index (Phi) is 9.35. The minimum absolute atomic E-state index is 0.0869.